The van der Waals surface area contributed by atoms with Gasteiger partial charge in [-0.3, -0.25) is 11.5 Å². The average molecular weight is 682 g/mol. The standard InChI is InChI=1S/C28H34N4.2HI/c29-27-19-17-23-13-7-9-15-25(23)31(27)21-11-5-3-1-2-4-6-12-22-32-26-16-10-8-14-24(26)18-20-28(32)30;;/h7-10,13-20,29-30H,1-6,11-12,21-22H2;2*1H. The number of anilines is 2. The van der Waals surface area contributed by atoms with E-state index in [9.17, 15) is 0 Å². The SMILES string of the molecule is Nc1ccc2ccccc2[n+]1CCCCCCCCCC[n+]1c(N)ccc2ccccc21.[I-].[I-]. The van der Waals surface area contributed by atoms with Gasteiger partial charge in [-0.25, -0.2) is 9.13 Å². The van der Waals surface area contributed by atoms with Gasteiger partial charge >= 0.3 is 0 Å². The third-order valence-electron chi connectivity index (χ3n) is 6.46. The smallest absolute Gasteiger partial charge is 0.272 e. The third kappa shape index (κ3) is 7.41. The molecule has 0 radical (unpaired) electrons. The summed E-state index contributed by atoms with van der Waals surface area (Å²) in [6, 6.07) is 25.2. The fourth-order valence-electron chi connectivity index (χ4n) is 4.66. The van der Waals surface area contributed by atoms with Crippen LogP contribution in [0.1, 0.15) is 51.4 Å². The van der Waals surface area contributed by atoms with Crippen molar-refractivity contribution >= 4 is 33.4 Å². The van der Waals surface area contributed by atoms with E-state index in [4.69, 9.17) is 11.5 Å². The third-order valence-corrected chi connectivity index (χ3v) is 6.46. The van der Waals surface area contributed by atoms with Crippen molar-refractivity contribution in [3.8, 4) is 0 Å². The van der Waals surface area contributed by atoms with Crippen LogP contribution in [0.15, 0.2) is 72.8 Å². The minimum atomic E-state index is 0. The van der Waals surface area contributed by atoms with Crippen LogP contribution >= 0.6 is 0 Å². The van der Waals surface area contributed by atoms with Crippen molar-refractivity contribution in [2.75, 3.05) is 11.5 Å². The molecule has 0 unspecified atom stereocenters. The van der Waals surface area contributed by atoms with Crippen molar-refractivity contribution in [3.05, 3.63) is 72.8 Å². The van der Waals surface area contributed by atoms with E-state index in [2.05, 4.69) is 69.8 Å². The van der Waals surface area contributed by atoms with E-state index >= 15 is 0 Å². The fraction of sp³-hybridized carbons (Fsp3) is 0.357. The van der Waals surface area contributed by atoms with Crippen LogP contribution in [0.4, 0.5) is 11.6 Å². The summed E-state index contributed by atoms with van der Waals surface area (Å²) in [6.07, 6.45) is 10.1. The number of aryl methyl sites for hydroxylation is 2. The Morgan fingerprint density at radius 2 is 0.794 bits per heavy atom. The molecule has 0 aliphatic carbocycles. The Morgan fingerprint density at radius 3 is 1.21 bits per heavy atom. The number of halogens is 2. The largest absolute Gasteiger partial charge is 1.00 e. The van der Waals surface area contributed by atoms with Gasteiger partial charge in [0.25, 0.3) is 11.6 Å². The molecule has 2 heterocycles. The summed E-state index contributed by atoms with van der Waals surface area (Å²) in [5, 5.41) is 2.51. The minimum absolute atomic E-state index is 0. The predicted molar refractivity (Wildman–Crippen MR) is 134 cm³/mol. The van der Waals surface area contributed by atoms with Crippen LogP contribution in [0.25, 0.3) is 21.8 Å². The first kappa shape index (κ1) is 28.6. The van der Waals surface area contributed by atoms with Crippen LogP contribution in [-0.2, 0) is 13.1 Å². The van der Waals surface area contributed by atoms with E-state index < -0.39 is 0 Å². The molecule has 2 aromatic heterocycles. The lowest BCUT2D eigenvalue weighted by atomic mass is 10.1. The zero-order valence-electron chi connectivity index (χ0n) is 19.8. The van der Waals surface area contributed by atoms with Crippen molar-refractivity contribution in [2.24, 2.45) is 0 Å². The molecule has 0 atom stereocenters. The van der Waals surface area contributed by atoms with Gasteiger partial charge in [-0.05, 0) is 49.9 Å². The number of aromatic nitrogens is 2. The van der Waals surface area contributed by atoms with Gasteiger partial charge < -0.3 is 48.0 Å². The van der Waals surface area contributed by atoms with Crippen LogP contribution in [0.5, 0.6) is 0 Å². The van der Waals surface area contributed by atoms with Gasteiger partial charge in [0.15, 0.2) is 0 Å². The van der Waals surface area contributed by atoms with Crippen LogP contribution < -0.4 is 68.6 Å². The summed E-state index contributed by atoms with van der Waals surface area (Å²) < 4.78 is 4.51. The van der Waals surface area contributed by atoms with E-state index in [1.54, 1.807) is 0 Å². The Morgan fingerprint density at radius 1 is 0.441 bits per heavy atom. The number of nitrogens with zero attached hydrogens (tertiary/aromatic N) is 2. The number of rotatable bonds is 11. The van der Waals surface area contributed by atoms with E-state index in [1.165, 1.54) is 73.2 Å². The first-order valence-corrected chi connectivity index (χ1v) is 12.1. The molecule has 182 valence electrons. The van der Waals surface area contributed by atoms with Gasteiger partial charge in [0.2, 0.25) is 0 Å². The maximum atomic E-state index is 6.23. The summed E-state index contributed by atoms with van der Waals surface area (Å²) in [5.41, 5.74) is 14.9. The molecule has 0 aliphatic heterocycles. The number of fused-ring (bicyclic) bond motifs is 2. The molecule has 4 nitrogen and oxygen atoms in total. The molecule has 4 N–H and O–H groups in total. The summed E-state index contributed by atoms with van der Waals surface area (Å²) in [7, 11) is 0. The maximum absolute atomic E-state index is 6.23. The van der Waals surface area contributed by atoms with E-state index in [0.717, 1.165) is 24.7 Å². The van der Waals surface area contributed by atoms with Crippen molar-refractivity contribution < 1.29 is 57.1 Å². The van der Waals surface area contributed by atoms with Gasteiger partial charge in [0, 0.05) is 22.9 Å². The predicted octanol–water partition coefficient (Wildman–Crippen LogP) is -0.439. The van der Waals surface area contributed by atoms with E-state index in [1.807, 2.05) is 12.1 Å². The molecule has 0 saturated carbocycles. The van der Waals surface area contributed by atoms with E-state index in [0.29, 0.717) is 0 Å². The minimum Gasteiger partial charge on any atom is -1.00 e. The Labute approximate surface area is 237 Å². The van der Waals surface area contributed by atoms with Crippen molar-refractivity contribution in [3.63, 3.8) is 0 Å². The first-order chi connectivity index (χ1) is 15.7. The van der Waals surface area contributed by atoms with Crippen LogP contribution in [0.2, 0.25) is 0 Å². The highest BCUT2D eigenvalue weighted by Crippen LogP contribution is 2.14. The Kier molecular flexibility index (Phi) is 12.3. The van der Waals surface area contributed by atoms with E-state index in [-0.39, 0.29) is 48.0 Å². The molecule has 0 aliphatic rings. The first-order valence-electron chi connectivity index (χ1n) is 12.1. The molecular formula is C28H36I2N4. The molecule has 4 aromatic rings. The molecule has 0 amide bonds. The number of hydrogen-bond donors (Lipinski definition) is 2. The maximum Gasteiger partial charge on any atom is 0.272 e. The second-order valence-electron chi connectivity index (χ2n) is 8.77. The number of pyridine rings is 2. The zero-order valence-corrected chi connectivity index (χ0v) is 24.1. The Balaban J connectivity index is 0.00000204. The van der Waals surface area contributed by atoms with Crippen molar-refractivity contribution in [1.82, 2.24) is 0 Å². The molecule has 0 fully saturated rings. The topological polar surface area (TPSA) is 59.8 Å². The molecule has 0 spiro atoms. The summed E-state index contributed by atoms with van der Waals surface area (Å²) in [4.78, 5) is 0. The fourth-order valence-corrected chi connectivity index (χ4v) is 4.66. The molecule has 4 rings (SSSR count). The summed E-state index contributed by atoms with van der Waals surface area (Å²) in [5.74, 6) is 1.71. The quantitative estimate of drug-likeness (QED) is 0.128. The highest BCUT2D eigenvalue weighted by Gasteiger charge is 2.10. The molecule has 2 aromatic carbocycles. The molecular weight excluding hydrogens is 646 g/mol. The van der Waals surface area contributed by atoms with Crippen LogP contribution in [0, 0.1) is 0 Å². The van der Waals surface area contributed by atoms with Gasteiger partial charge in [0.05, 0.1) is 13.1 Å². The average Bonchev–Trinajstić information content (AvgIpc) is 2.82. The Hall–Kier alpha value is -1.68. The van der Waals surface area contributed by atoms with Gasteiger partial charge in [0.1, 0.15) is 11.0 Å². The zero-order chi connectivity index (χ0) is 22.2. The van der Waals surface area contributed by atoms with Crippen molar-refractivity contribution in [1.29, 1.82) is 0 Å². The molecule has 6 heteroatoms. The second-order valence-corrected chi connectivity index (χ2v) is 8.77. The summed E-state index contributed by atoms with van der Waals surface area (Å²) >= 11 is 0. The lowest BCUT2D eigenvalue weighted by Gasteiger charge is -2.08. The number of benzene rings is 2. The molecule has 0 saturated heterocycles. The molecule has 34 heavy (non-hydrogen) atoms. The highest BCUT2D eigenvalue weighted by molar-refractivity contribution is 5.76. The lowest BCUT2D eigenvalue weighted by Crippen LogP contribution is -3.00. The van der Waals surface area contributed by atoms with Crippen molar-refractivity contribution in [2.45, 2.75) is 64.5 Å². The van der Waals surface area contributed by atoms with Crippen LogP contribution in [0.3, 0.4) is 0 Å². The lowest BCUT2D eigenvalue weighted by molar-refractivity contribution is -0.657. The number of nitrogens with two attached hydrogens (primary N) is 2. The second kappa shape index (κ2) is 14.7. The summed E-state index contributed by atoms with van der Waals surface area (Å²) in [6.45, 7) is 1.99. The number of unbranched alkanes of at least 4 members (excludes halogenated alkanes) is 7. The van der Waals surface area contributed by atoms with Gasteiger partial charge in [-0.1, -0.05) is 62.1 Å². The van der Waals surface area contributed by atoms with Gasteiger partial charge in [-0.2, -0.15) is 0 Å². The van der Waals surface area contributed by atoms with Crippen LogP contribution in [-0.4, -0.2) is 0 Å². The Bertz CT molecular complexity index is 1090. The molecule has 0 bridgehead atoms. The number of hydrogen-bond acceptors (Lipinski definition) is 2. The normalized spacial score (nSPS) is 10.7. The van der Waals surface area contributed by atoms with Gasteiger partial charge in [-0.15, -0.1) is 0 Å². The number of para-hydroxylation sites is 2. The number of nitrogen functional groups attached to an aromatic ring is 2. The monoisotopic (exact) mass is 682 g/mol. The highest BCUT2D eigenvalue weighted by atomic mass is 127.